The molecular formula is C36H27F3O11. The van der Waals surface area contributed by atoms with E-state index < -0.39 is 73.3 Å². The quantitative estimate of drug-likeness (QED) is 0.148. The zero-order valence-corrected chi connectivity index (χ0v) is 25.8. The molecule has 0 aliphatic carbocycles. The number of hydrogen-bond acceptors (Lipinski definition) is 11. The molecule has 5 atom stereocenters. The van der Waals surface area contributed by atoms with Crippen LogP contribution in [-0.4, -0.2) is 73.3 Å². The lowest BCUT2D eigenvalue weighted by molar-refractivity contribution is -0.234. The van der Waals surface area contributed by atoms with E-state index in [0.29, 0.717) is 0 Å². The maximum Gasteiger partial charge on any atom is 0.491 e. The van der Waals surface area contributed by atoms with Crippen LogP contribution in [0.1, 0.15) is 41.4 Å². The van der Waals surface area contributed by atoms with Crippen molar-refractivity contribution in [2.45, 2.75) is 36.9 Å². The topological polar surface area (TPSA) is 141 Å². The van der Waals surface area contributed by atoms with Crippen molar-refractivity contribution in [2.24, 2.45) is 0 Å². The molecule has 11 nitrogen and oxygen atoms in total. The van der Waals surface area contributed by atoms with Crippen LogP contribution in [0.2, 0.25) is 0 Å². The fourth-order valence-corrected chi connectivity index (χ4v) is 4.80. The van der Waals surface area contributed by atoms with E-state index in [9.17, 15) is 37.1 Å². The highest BCUT2D eigenvalue weighted by Gasteiger charge is 2.57. The number of alkyl halides is 3. The van der Waals surface area contributed by atoms with Gasteiger partial charge in [-0.25, -0.2) is 24.0 Å². The minimum atomic E-state index is -5.52. The Morgan fingerprint density at radius 2 is 0.960 bits per heavy atom. The fourth-order valence-electron chi connectivity index (χ4n) is 4.80. The zero-order chi connectivity index (χ0) is 35.7. The Hall–Kier alpha value is -6.02. The Morgan fingerprint density at radius 1 is 0.560 bits per heavy atom. The molecule has 14 heteroatoms. The van der Waals surface area contributed by atoms with Gasteiger partial charge in [0, 0.05) is 0 Å². The summed E-state index contributed by atoms with van der Waals surface area (Å²) in [5, 5.41) is 0. The molecule has 0 saturated carbocycles. The van der Waals surface area contributed by atoms with Gasteiger partial charge in [-0.1, -0.05) is 72.8 Å². The van der Waals surface area contributed by atoms with E-state index in [1.807, 2.05) is 0 Å². The second-order valence-electron chi connectivity index (χ2n) is 10.6. The van der Waals surface area contributed by atoms with Crippen LogP contribution >= 0.6 is 0 Å². The molecule has 50 heavy (non-hydrogen) atoms. The first-order valence-electron chi connectivity index (χ1n) is 14.9. The molecule has 1 aliphatic heterocycles. The molecule has 0 radical (unpaired) electrons. The first-order chi connectivity index (χ1) is 24.0. The van der Waals surface area contributed by atoms with Crippen molar-refractivity contribution in [3.8, 4) is 0 Å². The smallest absolute Gasteiger partial charge is 0.458 e. The van der Waals surface area contributed by atoms with Crippen molar-refractivity contribution in [2.75, 3.05) is 6.61 Å². The number of hydrogen-bond donors (Lipinski definition) is 0. The number of benzene rings is 4. The fraction of sp³-hybridized carbons (Fsp3) is 0.194. The lowest BCUT2D eigenvalue weighted by Gasteiger charge is -2.28. The van der Waals surface area contributed by atoms with Gasteiger partial charge in [0.2, 0.25) is 12.4 Å². The Labute approximate surface area is 282 Å². The molecular weight excluding hydrogens is 665 g/mol. The summed E-state index contributed by atoms with van der Waals surface area (Å²) in [6.07, 6.45) is -15.4. The molecule has 1 aliphatic rings. The van der Waals surface area contributed by atoms with Gasteiger partial charge in [-0.05, 0) is 48.5 Å². The van der Waals surface area contributed by atoms with Gasteiger partial charge in [0.05, 0.1) is 22.3 Å². The van der Waals surface area contributed by atoms with E-state index >= 15 is 0 Å². The molecule has 258 valence electrons. The van der Waals surface area contributed by atoms with Crippen LogP contribution < -0.4 is 0 Å². The summed E-state index contributed by atoms with van der Waals surface area (Å²) in [4.78, 5) is 64.8. The first-order valence-corrected chi connectivity index (χ1v) is 14.9. The molecule has 4 aromatic carbocycles. The van der Waals surface area contributed by atoms with Gasteiger partial charge in [-0.3, -0.25) is 0 Å². The van der Waals surface area contributed by atoms with Gasteiger partial charge in [0.25, 0.3) is 0 Å². The molecule has 1 fully saturated rings. The lowest BCUT2D eigenvalue weighted by atomic mass is 10.0. The summed E-state index contributed by atoms with van der Waals surface area (Å²) in [6.45, 7) is -0.796. The number of halogens is 3. The monoisotopic (exact) mass is 692 g/mol. The van der Waals surface area contributed by atoms with Crippen LogP contribution in [0.15, 0.2) is 121 Å². The van der Waals surface area contributed by atoms with Crippen LogP contribution in [-0.2, 0) is 33.2 Å². The second-order valence-corrected chi connectivity index (χ2v) is 10.6. The van der Waals surface area contributed by atoms with E-state index in [1.165, 1.54) is 84.9 Å². The number of esters is 5. The molecule has 0 aromatic heterocycles. The van der Waals surface area contributed by atoms with Crippen LogP contribution in [0.5, 0.6) is 0 Å². The SMILES string of the molecule is O=C(OC[C@@H](OC(=O)c1ccccc1)[C@@H]1OC(OC(=O)C(F)(F)F)[C@H](OC(=O)c2ccccc2)[C@H]1OC(=O)c1ccccc1)c1ccccc1. The van der Waals surface area contributed by atoms with Crippen LogP contribution in [0, 0.1) is 0 Å². The highest BCUT2D eigenvalue weighted by molar-refractivity contribution is 5.91. The summed E-state index contributed by atoms with van der Waals surface area (Å²) >= 11 is 0. The molecule has 1 saturated heterocycles. The van der Waals surface area contributed by atoms with Crippen LogP contribution in [0.3, 0.4) is 0 Å². The first kappa shape index (κ1) is 35.3. The predicted molar refractivity (Wildman–Crippen MR) is 164 cm³/mol. The maximum absolute atomic E-state index is 13.4. The van der Waals surface area contributed by atoms with Crippen molar-refractivity contribution in [3.05, 3.63) is 144 Å². The van der Waals surface area contributed by atoms with Gasteiger partial charge < -0.3 is 28.4 Å². The average molecular weight is 693 g/mol. The van der Waals surface area contributed by atoms with Gasteiger partial charge in [-0.15, -0.1) is 0 Å². The molecule has 0 amide bonds. The number of rotatable bonds is 11. The van der Waals surface area contributed by atoms with Crippen LogP contribution in [0.4, 0.5) is 13.2 Å². The van der Waals surface area contributed by atoms with E-state index in [1.54, 1.807) is 36.4 Å². The van der Waals surface area contributed by atoms with Crippen molar-refractivity contribution in [1.82, 2.24) is 0 Å². The summed E-state index contributed by atoms with van der Waals surface area (Å²) in [6, 6.07) is 29.7. The normalized spacial score (nSPS) is 19.0. The third-order valence-electron chi connectivity index (χ3n) is 7.19. The minimum Gasteiger partial charge on any atom is -0.458 e. The standard InChI is InChI=1S/C36H27F3O11/c37-36(38,39)35(44)50-34-29(48-33(43)25-19-11-4-12-20-25)28(47-32(42)24-17-9-3-10-18-24)27(49-34)26(46-31(41)23-15-7-2-8-16-23)21-45-30(40)22-13-5-1-6-14-22/h1-20,26-29,34H,21H2/t26-,27+,28+,29-,34?/m1/s1. The van der Waals surface area contributed by atoms with E-state index in [-0.39, 0.29) is 22.3 Å². The summed E-state index contributed by atoms with van der Waals surface area (Å²) in [5.41, 5.74) is 0.0405. The van der Waals surface area contributed by atoms with Crippen LogP contribution in [0.25, 0.3) is 0 Å². The largest absolute Gasteiger partial charge is 0.491 e. The Bertz CT molecular complexity index is 1790. The summed E-state index contributed by atoms with van der Waals surface area (Å²) in [5.74, 6) is -6.75. The Kier molecular flexibility index (Phi) is 11.2. The van der Waals surface area contributed by atoms with E-state index in [4.69, 9.17) is 23.7 Å². The Balaban J connectivity index is 1.54. The molecule has 0 spiro atoms. The van der Waals surface area contributed by atoms with Gasteiger partial charge in [0.1, 0.15) is 12.7 Å². The lowest BCUT2D eigenvalue weighted by Crippen LogP contribution is -2.47. The molecule has 0 bridgehead atoms. The van der Waals surface area contributed by atoms with Crippen molar-refractivity contribution in [1.29, 1.82) is 0 Å². The molecule has 0 N–H and O–H groups in total. The number of carbonyl (C=O) groups is 5. The van der Waals surface area contributed by atoms with E-state index in [0.717, 1.165) is 0 Å². The van der Waals surface area contributed by atoms with Gasteiger partial charge in [0.15, 0.2) is 12.2 Å². The molecule has 1 heterocycles. The molecule has 1 unspecified atom stereocenters. The zero-order valence-electron chi connectivity index (χ0n) is 25.8. The van der Waals surface area contributed by atoms with Gasteiger partial charge in [-0.2, -0.15) is 13.2 Å². The van der Waals surface area contributed by atoms with Crippen molar-refractivity contribution < 1.29 is 65.6 Å². The number of ether oxygens (including phenoxy) is 6. The predicted octanol–water partition coefficient (Wildman–Crippen LogP) is 5.35. The third kappa shape index (κ3) is 8.90. The van der Waals surface area contributed by atoms with Gasteiger partial charge >= 0.3 is 36.0 Å². The molecule has 4 aromatic rings. The van der Waals surface area contributed by atoms with E-state index in [2.05, 4.69) is 4.74 Å². The molecule has 5 rings (SSSR count). The summed E-state index contributed by atoms with van der Waals surface area (Å²) < 4.78 is 72.8. The third-order valence-corrected chi connectivity index (χ3v) is 7.19. The minimum absolute atomic E-state index is 0.0230. The Morgan fingerprint density at radius 3 is 1.40 bits per heavy atom. The van der Waals surface area contributed by atoms with Crippen molar-refractivity contribution in [3.63, 3.8) is 0 Å². The average Bonchev–Trinajstić information content (AvgIpc) is 3.45. The number of carbonyl (C=O) groups excluding carboxylic acids is 5. The maximum atomic E-state index is 13.4. The highest BCUT2D eigenvalue weighted by Crippen LogP contribution is 2.34. The highest BCUT2D eigenvalue weighted by atomic mass is 19.4. The summed E-state index contributed by atoms with van der Waals surface area (Å²) in [7, 11) is 0. The van der Waals surface area contributed by atoms with Crippen molar-refractivity contribution >= 4 is 29.8 Å². The second kappa shape index (κ2) is 15.9.